The van der Waals surface area contributed by atoms with Crippen molar-refractivity contribution in [2.24, 2.45) is 4.99 Å². The normalized spacial score (nSPS) is 18.9. The molecule has 0 aromatic carbocycles. The lowest BCUT2D eigenvalue weighted by molar-refractivity contribution is -0.117. The summed E-state index contributed by atoms with van der Waals surface area (Å²) in [6, 6.07) is 3.69. The van der Waals surface area contributed by atoms with Gasteiger partial charge < -0.3 is 5.32 Å². The minimum atomic E-state index is -0.337. The Morgan fingerprint density at radius 2 is 2.38 bits per heavy atom. The molecule has 1 aromatic heterocycles. The zero-order chi connectivity index (χ0) is 15.4. The van der Waals surface area contributed by atoms with Crippen LogP contribution in [0.25, 0.3) is 0 Å². The highest BCUT2D eigenvalue weighted by atomic mass is 35.5. The molecule has 0 saturated carbocycles. The van der Waals surface area contributed by atoms with E-state index in [0.29, 0.717) is 23.0 Å². The molecule has 21 heavy (non-hydrogen) atoms. The predicted octanol–water partition coefficient (Wildman–Crippen LogP) is 3.84. The number of alkyl halides is 1. The topological polar surface area (TPSA) is 54.4 Å². The van der Waals surface area contributed by atoms with Gasteiger partial charge in [-0.3, -0.25) is 9.79 Å². The van der Waals surface area contributed by atoms with Crippen molar-refractivity contribution in [3.05, 3.63) is 46.3 Å². The Morgan fingerprint density at radius 3 is 3.00 bits per heavy atom. The van der Waals surface area contributed by atoms with Gasteiger partial charge >= 0.3 is 0 Å². The summed E-state index contributed by atoms with van der Waals surface area (Å²) in [5.74, 6) is 0.432. The number of nitrogens with one attached hydrogen (secondary N) is 1. The van der Waals surface area contributed by atoms with Gasteiger partial charge in [-0.15, -0.1) is 11.6 Å². The van der Waals surface area contributed by atoms with Crippen LogP contribution in [0.5, 0.6) is 0 Å². The minimum absolute atomic E-state index is 0.0923. The van der Waals surface area contributed by atoms with Crippen LogP contribution in [-0.2, 0) is 4.79 Å². The molecule has 0 spiro atoms. The summed E-state index contributed by atoms with van der Waals surface area (Å²) in [5.41, 5.74) is 2.30. The summed E-state index contributed by atoms with van der Waals surface area (Å²) in [4.78, 5) is 20.3. The van der Waals surface area contributed by atoms with Crippen molar-refractivity contribution in [3.8, 4) is 0 Å². The van der Waals surface area contributed by atoms with Crippen molar-refractivity contribution in [1.82, 2.24) is 4.98 Å². The summed E-state index contributed by atoms with van der Waals surface area (Å²) in [7, 11) is 0. The van der Waals surface area contributed by atoms with Crippen molar-refractivity contribution in [2.75, 3.05) is 11.2 Å². The van der Waals surface area contributed by atoms with E-state index in [-0.39, 0.29) is 17.7 Å². The fraction of sp³-hybridized carbons (Fsp3) is 0.267. The fourth-order valence-electron chi connectivity index (χ4n) is 2.28. The van der Waals surface area contributed by atoms with Gasteiger partial charge in [0, 0.05) is 34.8 Å². The highest BCUT2D eigenvalue weighted by Crippen LogP contribution is 2.36. The molecule has 6 heteroatoms. The van der Waals surface area contributed by atoms with Gasteiger partial charge in [-0.2, -0.15) is 0 Å². The Kier molecular flexibility index (Phi) is 5.15. The Hall–Kier alpha value is -1.65. The predicted molar refractivity (Wildman–Crippen MR) is 87.1 cm³/mol. The first kappa shape index (κ1) is 15.7. The maximum atomic E-state index is 12.1. The molecule has 0 fully saturated rings. The molecular weight excluding hydrogens is 309 g/mol. The number of fused-ring (bicyclic) bond motifs is 1. The Morgan fingerprint density at radius 1 is 1.62 bits per heavy atom. The lowest BCUT2D eigenvalue weighted by Crippen LogP contribution is -2.13. The molecule has 1 N–H and O–H groups in total. The molecule has 0 aliphatic carbocycles. The van der Waals surface area contributed by atoms with E-state index in [1.807, 2.05) is 12.1 Å². The van der Waals surface area contributed by atoms with Gasteiger partial charge in [0.25, 0.3) is 0 Å². The van der Waals surface area contributed by atoms with E-state index >= 15 is 0 Å². The lowest BCUT2D eigenvalue weighted by Gasteiger charge is -2.11. The average Bonchev–Trinajstić information content (AvgIpc) is 2.78. The van der Waals surface area contributed by atoms with Crippen molar-refractivity contribution in [3.63, 3.8) is 0 Å². The number of pyridine rings is 1. The second kappa shape index (κ2) is 6.87. The smallest absolute Gasteiger partial charge is 0.233 e. The molecule has 0 bridgehead atoms. The van der Waals surface area contributed by atoms with Gasteiger partial charge in [-0.1, -0.05) is 17.7 Å². The standard InChI is InChI=1S/C15H15Cl2N3O/c1-9(17)6-10(8-16)13(18-2)7-12-11-4-3-5-19-14(11)20-15(12)21/h3-6,12H,2,7-8H2,1H3,(H,19,20,21)/b9-6+,13-10+. The van der Waals surface area contributed by atoms with Crippen LogP contribution in [-0.4, -0.2) is 23.5 Å². The number of aromatic nitrogens is 1. The average molecular weight is 324 g/mol. The van der Waals surface area contributed by atoms with E-state index in [9.17, 15) is 4.79 Å². The first-order valence-corrected chi connectivity index (χ1v) is 7.32. The third kappa shape index (κ3) is 3.52. The van der Waals surface area contributed by atoms with E-state index in [4.69, 9.17) is 23.2 Å². The van der Waals surface area contributed by atoms with Gasteiger partial charge in [0.05, 0.1) is 5.92 Å². The van der Waals surface area contributed by atoms with Crippen LogP contribution in [0.2, 0.25) is 0 Å². The van der Waals surface area contributed by atoms with Gasteiger partial charge in [0.2, 0.25) is 5.91 Å². The maximum absolute atomic E-state index is 12.1. The Bertz CT molecular complexity index is 634. The summed E-state index contributed by atoms with van der Waals surface area (Å²) in [6.07, 6.45) is 3.81. The number of allylic oxidation sites excluding steroid dienone is 4. The van der Waals surface area contributed by atoms with E-state index in [0.717, 1.165) is 11.1 Å². The number of aliphatic imine (C=N–C) groups is 1. The highest BCUT2D eigenvalue weighted by Gasteiger charge is 2.32. The third-order valence-corrected chi connectivity index (χ3v) is 3.65. The maximum Gasteiger partial charge on any atom is 0.233 e. The number of halogens is 2. The van der Waals surface area contributed by atoms with Crippen LogP contribution < -0.4 is 5.32 Å². The number of rotatable bonds is 5. The second-order valence-electron chi connectivity index (χ2n) is 4.68. The number of carbonyl (C=O) groups excluding carboxylic acids is 1. The molecule has 1 atom stereocenters. The first-order valence-electron chi connectivity index (χ1n) is 6.41. The van der Waals surface area contributed by atoms with Crippen molar-refractivity contribution >= 4 is 41.6 Å². The number of amides is 1. The van der Waals surface area contributed by atoms with Crippen LogP contribution in [0.15, 0.2) is 45.7 Å². The van der Waals surface area contributed by atoms with Crippen LogP contribution in [0.4, 0.5) is 5.82 Å². The molecule has 1 amide bonds. The number of carbonyl (C=O) groups is 1. The molecule has 110 valence electrons. The van der Waals surface area contributed by atoms with Crippen LogP contribution in [0.1, 0.15) is 24.8 Å². The summed E-state index contributed by atoms with van der Waals surface area (Å²) in [6.45, 7) is 5.33. The molecule has 0 radical (unpaired) electrons. The molecule has 0 saturated heterocycles. The third-order valence-electron chi connectivity index (χ3n) is 3.25. The van der Waals surface area contributed by atoms with Crippen LogP contribution in [0, 0.1) is 0 Å². The van der Waals surface area contributed by atoms with E-state index in [1.54, 1.807) is 19.2 Å². The molecule has 2 rings (SSSR count). The quantitative estimate of drug-likeness (QED) is 0.508. The van der Waals surface area contributed by atoms with Crippen LogP contribution >= 0.6 is 23.2 Å². The van der Waals surface area contributed by atoms with Crippen LogP contribution in [0.3, 0.4) is 0 Å². The number of nitrogens with zero attached hydrogens (tertiary/aromatic N) is 2. The molecular formula is C15H15Cl2N3O. The minimum Gasteiger partial charge on any atom is -0.310 e. The van der Waals surface area contributed by atoms with Gasteiger partial charge in [-0.05, 0) is 31.4 Å². The van der Waals surface area contributed by atoms with Gasteiger partial charge in [0.1, 0.15) is 5.82 Å². The molecule has 1 aromatic rings. The SMILES string of the molecule is C=N/C(CC1C(=O)Nc2ncccc21)=C(\C=C(/C)Cl)CCl. The monoisotopic (exact) mass is 323 g/mol. The molecule has 4 nitrogen and oxygen atoms in total. The largest absolute Gasteiger partial charge is 0.310 e. The molecule has 2 heterocycles. The van der Waals surface area contributed by atoms with E-state index in [1.165, 1.54) is 0 Å². The molecule has 1 aliphatic rings. The first-order chi connectivity index (χ1) is 10.1. The van der Waals surface area contributed by atoms with E-state index in [2.05, 4.69) is 22.0 Å². The zero-order valence-electron chi connectivity index (χ0n) is 11.6. The number of anilines is 1. The van der Waals surface area contributed by atoms with Crippen molar-refractivity contribution < 1.29 is 4.79 Å². The van der Waals surface area contributed by atoms with E-state index < -0.39 is 0 Å². The summed E-state index contributed by atoms with van der Waals surface area (Å²) < 4.78 is 0. The fourth-order valence-corrected chi connectivity index (χ4v) is 2.64. The van der Waals surface area contributed by atoms with Crippen molar-refractivity contribution in [2.45, 2.75) is 19.3 Å². The number of hydrogen-bond acceptors (Lipinski definition) is 3. The lowest BCUT2D eigenvalue weighted by atomic mass is 9.95. The second-order valence-corrected chi connectivity index (χ2v) is 5.55. The van der Waals surface area contributed by atoms with Gasteiger partial charge in [0.15, 0.2) is 0 Å². The summed E-state index contributed by atoms with van der Waals surface area (Å²) in [5, 5.41) is 3.37. The zero-order valence-corrected chi connectivity index (χ0v) is 13.1. The highest BCUT2D eigenvalue weighted by molar-refractivity contribution is 6.29. The Balaban J connectivity index is 2.35. The molecule has 1 unspecified atom stereocenters. The van der Waals surface area contributed by atoms with Crippen molar-refractivity contribution in [1.29, 1.82) is 0 Å². The Labute approximate surface area is 133 Å². The summed E-state index contributed by atoms with van der Waals surface area (Å²) >= 11 is 11.8. The van der Waals surface area contributed by atoms with Gasteiger partial charge in [-0.25, -0.2) is 4.98 Å². The molecule has 1 aliphatic heterocycles. The number of hydrogen-bond donors (Lipinski definition) is 1.